The number of halogens is 9. The van der Waals surface area contributed by atoms with E-state index in [2.05, 4.69) is 0 Å². The first kappa shape index (κ1) is 27.8. The molecule has 0 fully saturated rings. The zero-order valence-electron chi connectivity index (χ0n) is 16.1. The summed E-state index contributed by atoms with van der Waals surface area (Å²) in [5.41, 5.74) is 0. The van der Waals surface area contributed by atoms with Gasteiger partial charge in [0.1, 0.15) is 0 Å². The van der Waals surface area contributed by atoms with Gasteiger partial charge in [0.05, 0.1) is 5.92 Å². The third-order valence-corrected chi connectivity index (χ3v) is 4.76. The lowest BCUT2D eigenvalue weighted by Crippen LogP contribution is -2.60. The summed E-state index contributed by atoms with van der Waals surface area (Å²) in [5, 5.41) is 9.07. The summed E-state index contributed by atoms with van der Waals surface area (Å²) in [6, 6.07) is 0. The van der Waals surface area contributed by atoms with Crippen LogP contribution >= 0.6 is 0 Å². The van der Waals surface area contributed by atoms with Gasteiger partial charge in [-0.05, 0) is 19.3 Å². The summed E-state index contributed by atoms with van der Waals surface area (Å²) < 4.78 is 115. The van der Waals surface area contributed by atoms with Crippen molar-refractivity contribution >= 4 is 5.97 Å². The van der Waals surface area contributed by atoms with Gasteiger partial charge in [-0.3, -0.25) is 4.79 Å². The SMILES string of the molecule is CCCCCCCCCC(CCCC(F)(F)C(F)(F)C(F)(F)C(F)(F)F)C(=O)O. The highest BCUT2D eigenvalue weighted by Crippen LogP contribution is 2.54. The third-order valence-electron chi connectivity index (χ3n) is 4.76. The van der Waals surface area contributed by atoms with Crippen LogP contribution in [-0.2, 0) is 4.79 Å². The Hall–Kier alpha value is -1.16. The van der Waals surface area contributed by atoms with Gasteiger partial charge in [0.2, 0.25) is 0 Å². The van der Waals surface area contributed by atoms with E-state index in [0.717, 1.165) is 32.1 Å². The number of hydrogen-bond donors (Lipinski definition) is 1. The van der Waals surface area contributed by atoms with Crippen LogP contribution < -0.4 is 0 Å². The zero-order chi connectivity index (χ0) is 22.9. The highest BCUT2D eigenvalue weighted by atomic mass is 19.4. The minimum Gasteiger partial charge on any atom is -0.481 e. The summed E-state index contributed by atoms with van der Waals surface area (Å²) in [4.78, 5) is 11.1. The molecule has 0 spiro atoms. The molecule has 0 aliphatic carbocycles. The maximum absolute atomic E-state index is 13.5. The zero-order valence-corrected chi connectivity index (χ0v) is 16.1. The van der Waals surface area contributed by atoms with Crippen molar-refractivity contribution in [3.63, 3.8) is 0 Å². The lowest BCUT2D eigenvalue weighted by atomic mass is 9.92. The van der Waals surface area contributed by atoms with Crippen molar-refractivity contribution in [3.8, 4) is 0 Å². The Labute approximate surface area is 163 Å². The van der Waals surface area contributed by atoms with Crippen LogP contribution in [0, 0.1) is 5.92 Å². The number of carboxylic acid groups (broad SMARTS) is 1. The molecule has 0 saturated carbocycles. The average molecular weight is 446 g/mol. The van der Waals surface area contributed by atoms with Gasteiger partial charge < -0.3 is 5.11 Å². The summed E-state index contributed by atoms with van der Waals surface area (Å²) >= 11 is 0. The summed E-state index contributed by atoms with van der Waals surface area (Å²) in [7, 11) is 0. The van der Waals surface area contributed by atoms with Crippen LogP contribution in [0.5, 0.6) is 0 Å². The van der Waals surface area contributed by atoms with Gasteiger partial charge in [-0.2, -0.15) is 39.5 Å². The molecule has 11 heteroatoms. The van der Waals surface area contributed by atoms with Gasteiger partial charge in [-0.15, -0.1) is 0 Å². The Morgan fingerprint density at radius 1 is 0.724 bits per heavy atom. The first-order valence-electron chi connectivity index (χ1n) is 9.54. The predicted molar refractivity (Wildman–Crippen MR) is 88.5 cm³/mol. The first-order valence-corrected chi connectivity index (χ1v) is 9.54. The predicted octanol–water partition coefficient (Wildman–Crippen LogP) is 7.47. The van der Waals surface area contributed by atoms with E-state index in [1.54, 1.807) is 0 Å². The molecule has 0 heterocycles. The highest BCUT2D eigenvalue weighted by Gasteiger charge is 2.81. The van der Waals surface area contributed by atoms with Crippen molar-refractivity contribution in [1.29, 1.82) is 0 Å². The van der Waals surface area contributed by atoms with E-state index in [1.807, 2.05) is 6.92 Å². The maximum Gasteiger partial charge on any atom is 0.460 e. The number of hydrogen-bond acceptors (Lipinski definition) is 1. The molecule has 29 heavy (non-hydrogen) atoms. The topological polar surface area (TPSA) is 37.3 Å². The second-order valence-corrected chi connectivity index (χ2v) is 7.19. The molecule has 0 rings (SSSR count). The lowest BCUT2D eigenvalue weighted by Gasteiger charge is -2.33. The van der Waals surface area contributed by atoms with Crippen LogP contribution in [0.15, 0.2) is 0 Å². The Morgan fingerprint density at radius 3 is 1.62 bits per heavy atom. The van der Waals surface area contributed by atoms with Gasteiger partial charge in [0, 0.05) is 6.42 Å². The first-order chi connectivity index (χ1) is 13.1. The van der Waals surface area contributed by atoms with Crippen LogP contribution in [0.4, 0.5) is 39.5 Å². The molecule has 0 aliphatic heterocycles. The van der Waals surface area contributed by atoms with E-state index in [9.17, 15) is 44.3 Å². The minimum atomic E-state index is -6.91. The van der Waals surface area contributed by atoms with E-state index < -0.39 is 55.1 Å². The molecular weight excluding hydrogens is 419 g/mol. The van der Waals surface area contributed by atoms with Gasteiger partial charge in [0.15, 0.2) is 0 Å². The monoisotopic (exact) mass is 446 g/mol. The summed E-state index contributed by atoms with van der Waals surface area (Å²) in [6.45, 7) is 2.04. The minimum absolute atomic E-state index is 0.0871. The fraction of sp³-hybridized carbons (Fsp3) is 0.944. The van der Waals surface area contributed by atoms with Crippen LogP contribution in [0.2, 0.25) is 0 Å². The Kier molecular flexibility index (Phi) is 10.8. The van der Waals surface area contributed by atoms with Crippen LogP contribution in [-0.4, -0.2) is 35.0 Å². The fourth-order valence-corrected chi connectivity index (χ4v) is 2.87. The molecule has 0 aliphatic rings. The average Bonchev–Trinajstić information content (AvgIpc) is 2.57. The standard InChI is InChI=1S/C18H27F9O2/c1-2-3-4-5-6-7-8-10-13(14(28)29)11-9-12-15(19,20)16(21,22)17(23,24)18(25,26)27/h13H,2-12H2,1H3,(H,28,29). The quantitative estimate of drug-likeness (QED) is 0.209. The Morgan fingerprint density at radius 2 is 1.17 bits per heavy atom. The number of carboxylic acids is 1. The molecule has 0 aromatic carbocycles. The smallest absolute Gasteiger partial charge is 0.460 e. The van der Waals surface area contributed by atoms with E-state index in [1.165, 1.54) is 0 Å². The van der Waals surface area contributed by atoms with Crippen LogP contribution in [0.1, 0.15) is 77.6 Å². The second kappa shape index (κ2) is 11.3. The molecule has 174 valence electrons. The van der Waals surface area contributed by atoms with E-state index in [0.29, 0.717) is 12.8 Å². The van der Waals surface area contributed by atoms with Crippen molar-refractivity contribution in [1.82, 2.24) is 0 Å². The van der Waals surface area contributed by atoms with Crippen molar-refractivity contribution in [2.24, 2.45) is 5.92 Å². The van der Waals surface area contributed by atoms with Crippen LogP contribution in [0.25, 0.3) is 0 Å². The summed E-state index contributed by atoms with van der Waals surface area (Å²) in [5.74, 6) is -21.7. The molecular formula is C18H27F9O2. The lowest BCUT2D eigenvalue weighted by molar-refractivity contribution is -0.396. The molecule has 0 amide bonds. The van der Waals surface area contributed by atoms with Crippen LogP contribution in [0.3, 0.4) is 0 Å². The van der Waals surface area contributed by atoms with Crippen molar-refractivity contribution in [3.05, 3.63) is 0 Å². The maximum atomic E-state index is 13.5. The van der Waals surface area contributed by atoms with Gasteiger partial charge in [-0.1, -0.05) is 51.9 Å². The molecule has 0 saturated heterocycles. The molecule has 0 bridgehead atoms. The molecule has 1 unspecified atom stereocenters. The van der Waals surface area contributed by atoms with E-state index in [-0.39, 0.29) is 6.42 Å². The van der Waals surface area contributed by atoms with Gasteiger partial charge >= 0.3 is 29.9 Å². The van der Waals surface area contributed by atoms with Crippen molar-refractivity contribution < 1.29 is 49.4 Å². The normalized spacial score (nSPS) is 14.8. The van der Waals surface area contributed by atoms with Gasteiger partial charge in [-0.25, -0.2) is 0 Å². The third kappa shape index (κ3) is 7.88. The molecule has 0 radical (unpaired) electrons. The number of carbonyl (C=O) groups is 1. The fourth-order valence-electron chi connectivity index (χ4n) is 2.87. The van der Waals surface area contributed by atoms with E-state index >= 15 is 0 Å². The molecule has 1 atom stereocenters. The Bertz CT molecular complexity index is 490. The number of aliphatic carboxylic acids is 1. The second-order valence-electron chi connectivity index (χ2n) is 7.19. The van der Waals surface area contributed by atoms with E-state index in [4.69, 9.17) is 5.11 Å². The Balaban J connectivity index is 4.64. The van der Waals surface area contributed by atoms with Crippen molar-refractivity contribution in [2.45, 2.75) is 101 Å². The number of unbranched alkanes of at least 4 members (excludes halogenated alkanes) is 6. The largest absolute Gasteiger partial charge is 0.481 e. The number of rotatable bonds is 15. The van der Waals surface area contributed by atoms with Crippen molar-refractivity contribution in [2.75, 3.05) is 0 Å². The molecule has 2 nitrogen and oxygen atoms in total. The summed E-state index contributed by atoms with van der Waals surface area (Å²) in [6.07, 6.45) is -4.06. The highest BCUT2D eigenvalue weighted by molar-refractivity contribution is 5.69. The molecule has 1 N–H and O–H groups in total. The number of alkyl halides is 9. The van der Waals surface area contributed by atoms with Gasteiger partial charge in [0.25, 0.3) is 0 Å². The molecule has 0 aromatic rings. The molecule has 0 aromatic heterocycles.